The van der Waals surface area contributed by atoms with Gasteiger partial charge in [-0.2, -0.15) is 0 Å². The Kier molecular flexibility index (Phi) is 4.76. The van der Waals surface area contributed by atoms with Crippen LogP contribution in [0.1, 0.15) is 55.5 Å². The van der Waals surface area contributed by atoms with Crippen molar-refractivity contribution in [1.29, 1.82) is 0 Å². The van der Waals surface area contributed by atoms with Gasteiger partial charge in [0, 0.05) is 18.7 Å². The lowest BCUT2D eigenvalue weighted by Crippen LogP contribution is -2.45. The predicted octanol–water partition coefficient (Wildman–Crippen LogP) is 2.75. The summed E-state index contributed by atoms with van der Waals surface area (Å²) < 4.78 is 11.6. The summed E-state index contributed by atoms with van der Waals surface area (Å²) in [5, 5.41) is 3.99. The van der Waals surface area contributed by atoms with Crippen LogP contribution >= 0.6 is 0 Å². The fourth-order valence-electron chi connectivity index (χ4n) is 5.99. The molecule has 1 spiro atoms. The molecule has 1 aromatic rings. The second kappa shape index (κ2) is 7.22. The molecule has 4 heterocycles. The lowest BCUT2D eigenvalue weighted by Gasteiger charge is -2.30. The molecule has 5 rings (SSSR count). The number of fused-ring (bicyclic) bond motifs is 1. The first-order valence-electron chi connectivity index (χ1n) is 11.3. The number of nitrogens with zero attached hydrogens (tertiary/aromatic N) is 3. The summed E-state index contributed by atoms with van der Waals surface area (Å²) in [6, 6.07) is 0.284. The third-order valence-corrected chi connectivity index (χ3v) is 7.63. The fourth-order valence-corrected chi connectivity index (χ4v) is 5.99. The average Bonchev–Trinajstić information content (AvgIpc) is 3.38. The van der Waals surface area contributed by atoms with Crippen LogP contribution in [0, 0.1) is 25.7 Å². The van der Waals surface area contributed by atoms with E-state index in [2.05, 4.69) is 11.2 Å². The zero-order chi connectivity index (χ0) is 21.0. The molecule has 2 saturated heterocycles. The Balaban J connectivity index is 1.37. The molecule has 3 fully saturated rings. The molecule has 1 saturated carbocycles. The van der Waals surface area contributed by atoms with Crippen molar-refractivity contribution in [2.24, 2.45) is 11.8 Å². The van der Waals surface area contributed by atoms with E-state index in [0.29, 0.717) is 13.1 Å². The van der Waals surface area contributed by atoms with E-state index in [1.54, 1.807) is 11.9 Å². The number of likely N-dealkylation sites (tertiary alicyclic amines) is 1. The maximum Gasteiger partial charge on any atom is 0.230 e. The van der Waals surface area contributed by atoms with Gasteiger partial charge in [-0.15, -0.1) is 0 Å². The molecule has 2 bridgehead atoms. The van der Waals surface area contributed by atoms with Crippen LogP contribution in [0.3, 0.4) is 0 Å². The standard InChI is InChI=1S/C23H31N3O4/c1-14-17(15(2)30-24-14)12-25(3)21(27)19-18-10-11-23(29-18)13-26(22(28)20(19)23)16-8-6-4-5-7-9-16/h10-11,16,18-20H,4-9,12-13H2,1-3H3/t18-,19?,20?,23-/m1/s1. The van der Waals surface area contributed by atoms with Gasteiger partial charge < -0.3 is 19.1 Å². The second-order valence-electron chi connectivity index (χ2n) is 9.51. The Labute approximate surface area is 177 Å². The summed E-state index contributed by atoms with van der Waals surface area (Å²) in [7, 11) is 1.79. The van der Waals surface area contributed by atoms with Crippen LogP contribution in [0.15, 0.2) is 16.7 Å². The van der Waals surface area contributed by atoms with Gasteiger partial charge in [0.1, 0.15) is 11.4 Å². The van der Waals surface area contributed by atoms with Crippen LogP contribution in [0.2, 0.25) is 0 Å². The highest BCUT2D eigenvalue weighted by molar-refractivity contribution is 5.93. The minimum atomic E-state index is -0.627. The molecule has 1 aliphatic carbocycles. The monoisotopic (exact) mass is 413 g/mol. The lowest BCUT2D eigenvalue weighted by atomic mass is 9.76. The van der Waals surface area contributed by atoms with Gasteiger partial charge in [-0.05, 0) is 26.7 Å². The number of hydrogen-bond acceptors (Lipinski definition) is 5. The highest BCUT2D eigenvalue weighted by Gasteiger charge is 2.67. The van der Waals surface area contributed by atoms with Crippen molar-refractivity contribution < 1.29 is 18.8 Å². The molecule has 30 heavy (non-hydrogen) atoms. The van der Waals surface area contributed by atoms with E-state index in [1.165, 1.54) is 25.7 Å². The number of ether oxygens (including phenoxy) is 1. The van der Waals surface area contributed by atoms with E-state index in [0.717, 1.165) is 29.9 Å². The van der Waals surface area contributed by atoms with Crippen molar-refractivity contribution >= 4 is 11.8 Å². The molecule has 7 nitrogen and oxygen atoms in total. The molecule has 162 valence electrons. The Morgan fingerprint density at radius 2 is 2.00 bits per heavy atom. The third kappa shape index (κ3) is 2.93. The molecule has 4 aliphatic rings. The van der Waals surface area contributed by atoms with Gasteiger partial charge in [-0.3, -0.25) is 9.59 Å². The summed E-state index contributed by atoms with van der Waals surface area (Å²) >= 11 is 0. The van der Waals surface area contributed by atoms with Crippen LogP contribution in [0.5, 0.6) is 0 Å². The normalized spacial score (nSPS) is 33.2. The summed E-state index contributed by atoms with van der Waals surface area (Å²) in [4.78, 5) is 30.8. The van der Waals surface area contributed by atoms with Gasteiger partial charge in [0.05, 0.1) is 36.7 Å². The first kappa shape index (κ1) is 19.8. The van der Waals surface area contributed by atoms with E-state index in [9.17, 15) is 9.59 Å². The maximum absolute atomic E-state index is 13.6. The van der Waals surface area contributed by atoms with E-state index < -0.39 is 17.4 Å². The van der Waals surface area contributed by atoms with E-state index in [4.69, 9.17) is 9.26 Å². The molecule has 0 radical (unpaired) electrons. The summed E-state index contributed by atoms with van der Waals surface area (Å²) in [5.74, 6) is -0.0616. The topological polar surface area (TPSA) is 75.9 Å². The van der Waals surface area contributed by atoms with E-state index in [-0.39, 0.29) is 24.0 Å². The highest BCUT2D eigenvalue weighted by atomic mass is 16.5. The van der Waals surface area contributed by atoms with Crippen molar-refractivity contribution in [1.82, 2.24) is 15.0 Å². The SMILES string of the molecule is Cc1noc(C)c1CN(C)C(=O)C1C2C(=O)N(C3CCCCCC3)C[C@]23C=C[C@H]1O3. The zero-order valence-corrected chi connectivity index (χ0v) is 18.1. The van der Waals surface area contributed by atoms with Crippen LogP contribution < -0.4 is 0 Å². The van der Waals surface area contributed by atoms with Crippen LogP contribution in [-0.2, 0) is 20.9 Å². The van der Waals surface area contributed by atoms with Crippen molar-refractivity contribution in [3.63, 3.8) is 0 Å². The molecule has 0 N–H and O–H groups in total. The minimum absolute atomic E-state index is 0.0349. The van der Waals surface area contributed by atoms with Gasteiger partial charge in [-0.1, -0.05) is 43.0 Å². The first-order valence-corrected chi connectivity index (χ1v) is 11.3. The van der Waals surface area contributed by atoms with Crippen molar-refractivity contribution in [2.75, 3.05) is 13.6 Å². The molecule has 2 amide bonds. The van der Waals surface area contributed by atoms with Crippen LogP contribution in [-0.4, -0.2) is 58.1 Å². The number of aryl methyl sites for hydroxylation is 2. The van der Waals surface area contributed by atoms with E-state index in [1.807, 2.05) is 24.8 Å². The molecule has 2 unspecified atom stereocenters. The van der Waals surface area contributed by atoms with E-state index >= 15 is 0 Å². The number of amides is 2. The summed E-state index contributed by atoms with van der Waals surface area (Å²) in [6.45, 7) is 4.75. The number of rotatable bonds is 4. The molecule has 1 aromatic heterocycles. The van der Waals surface area contributed by atoms with Crippen molar-refractivity contribution in [2.45, 2.75) is 76.7 Å². The minimum Gasteiger partial charge on any atom is -0.361 e. The quantitative estimate of drug-likeness (QED) is 0.560. The number of hydrogen-bond donors (Lipinski definition) is 0. The predicted molar refractivity (Wildman–Crippen MR) is 109 cm³/mol. The zero-order valence-electron chi connectivity index (χ0n) is 18.1. The van der Waals surface area contributed by atoms with Crippen molar-refractivity contribution in [3.05, 3.63) is 29.2 Å². The number of carbonyl (C=O) groups is 2. The molecule has 0 aromatic carbocycles. The largest absolute Gasteiger partial charge is 0.361 e. The number of aromatic nitrogens is 1. The molecule has 7 heteroatoms. The average molecular weight is 414 g/mol. The number of carbonyl (C=O) groups excluding carboxylic acids is 2. The van der Waals surface area contributed by atoms with Gasteiger partial charge in [0.15, 0.2) is 0 Å². The van der Waals surface area contributed by atoms with Gasteiger partial charge in [0.2, 0.25) is 11.8 Å². The van der Waals surface area contributed by atoms with Crippen molar-refractivity contribution in [3.8, 4) is 0 Å². The Bertz CT molecular complexity index is 866. The summed E-state index contributed by atoms with van der Waals surface area (Å²) in [5.41, 5.74) is 1.10. The molecule has 4 atom stereocenters. The fraction of sp³-hybridized carbons (Fsp3) is 0.696. The second-order valence-corrected chi connectivity index (χ2v) is 9.51. The lowest BCUT2D eigenvalue weighted by molar-refractivity contribution is -0.143. The summed E-state index contributed by atoms with van der Waals surface area (Å²) in [6.07, 6.45) is 10.7. The smallest absolute Gasteiger partial charge is 0.230 e. The van der Waals surface area contributed by atoms with Gasteiger partial charge in [0.25, 0.3) is 0 Å². The molecule has 3 aliphatic heterocycles. The van der Waals surface area contributed by atoms with Crippen LogP contribution in [0.25, 0.3) is 0 Å². The Morgan fingerprint density at radius 1 is 1.27 bits per heavy atom. The first-order chi connectivity index (χ1) is 14.4. The van der Waals surface area contributed by atoms with Crippen LogP contribution in [0.4, 0.5) is 0 Å². The maximum atomic E-state index is 13.6. The Hall–Kier alpha value is -2.15. The van der Waals surface area contributed by atoms with Gasteiger partial charge in [-0.25, -0.2) is 0 Å². The van der Waals surface area contributed by atoms with Gasteiger partial charge >= 0.3 is 0 Å². The third-order valence-electron chi connectivity index (χ3n) is 7.63. The molecular formula is C23H31N3O4. The Morgan fingerprint density at radius 3 is 2.67 bits per heavy atom. The molecular weight excluding hydrogens is 382 g/mol. The highest BCUT2D eigenvalue weighted by Crippen LogP contribution is 2.53.